The van der Waals surface area contributed by atoms with Crippen LogP contribution in [0.15, 0.2) is 24.3 Å². The van der Waals surface area contributed by atoms with Crippen LogP contribution in [0.4, 0.5) is 10.5 Å². The molecule has 2 rings (SSSR count). The predicted octanol–water partition coefficient (Wildman–Crippen LogP) is 2.23. The Labute approximate surface area is 95.0 Å². The highest BCUT2D eigenvalue weighted by Crippen LogP contribution is 2.27. The van der Waals surface area contributed by atoms with Crippen molar-refractivity contribution in [1.82, 2.24) is 5.32 Å². The number of methoxy groups -OCH3 is 1. The van der Waals surface area contributed by atoms with Gasteiger partial charge in [-0.25, -0.2) is 4.79 Å². The van der Waals surface area contributed by atoms with E-state index in [1.54, 1.807) is 7.11 Å². The molecule has 0 radical (unpaired) electrons. The normalized spacial score (nSPS) is 14.3. The lowest BCUT2D eigenvalue weighted by Crippen LogP contribution is -2.30. The summed E-state index contributed by atoms with van der Waals surface area (Å²) in [5, 5.41) is 5.61. The standard InChI is InChI=1S/C12H16N2O2/c1-16-11-5-3-2-4-10(11)14-12(15)13-8-9-6-7-9/h2-5,9H,6-8H2,1H3,(H2,13,14,15). The summed E-state index contributed by atoms with van der Waals surface area (Å²) in [6.07, 6.45) is 2.46. The molecule has 1 aromatic rings. The Morgan fingerprint density at radius 2 is 2.19 bits per heavy atom. The van der Waals surface area contributed by atoms with Gasteiger partial charge in [-0.15, -0.1) is 0 Å². The average Bonchev–Trinajstić information content (AvgIpc) is 3.11. The molecule has 2 N–H and O–H groups in total. The lowest BCUT2D eigenvalue weighted by molar-refractivity contribution is 0.251. The van der Waals surface area contributed by atoms with Crippen molar-refractivity contribution in [2.45, 2.75) is 12.8 Å². The second kappa shape index (κ2) is 4.88. The van der Waals surface area contributed by atoms with Gasteiger partial charge in [-0.1, -0.05) is 12.1 Å². The van der Waals surface area contributed by atoms with E-state index < -0.39 is 0 Å². The third-order valence-corrected chi connectivity index (χ3v) is 2.60. The summed E-state index contributed by atoms with van der Waals surface area (Å²) in [5.41, 5.74) is 0.693. The fraction of sp³-hybridized carbons (Fsp3) is 0.417. The molecule has 4 heteroatoms. The molecule has 0 spiro atoms. The van der Waals surface area contributed by atoms with E-state index >= 15 is 0 Å². The van der Waals surface area contributed by atoms with Crippen molar-refractivity contribution in [3.8, 4) is 5.75 Å². The molecule has 86 valence electrons. The van der Waals surface area contributed by atoms with Crippen molar-refractivity contribution < 1.29 is 9.53 Å². The first-order valence-electron chi connectivity index (χ1n) is 5.47. The zero-order valence-corrected chi connectivity index (χ0v) is 9.32. The predicted molar refractivity (Wildman–Crippen MR) is 62.7 cm³/mol. The second-order valence-corrected chi connectivity index (χ2v) is 3.98. The molecule has 1 fully saturated rings. The van der Waals surface area contributed by atoms with Crippen LogP contribution in [0.25, 0.3) is 0 Å². The van der Waals surface area contributed by atoms with Crippen LogP contribution in [0.3, 0.4) is 0 Å². The van der Waals surface area contributed by atoms with Gasteiger partial charge in [0.1, 0.15) is 5.75 Å². The maximum atomic E-state index is 11.5. The van der Waals surface area contributed by atoms with Gasteiger partial charge in [0.05, 0.1) is 12.8 Å². The fourth-order valence-corrected chi connectivity index (χ4v) is 1.47. The van der Waals surface area contributed by atoms with E-state index in [-0.39, 0.29) is 6.03 Å². The number of carbonyl (C=O) groups is 1. The third kappa shape index (κ3) is 2.89. The minimum atomic E-state index is -0.170. The number of rotatable bonds is 4. The molecule has 2 amide bonds. The Hall–Kier alpha value is -1.71. The maximum absolute atomic E-state index is 11.5. The highest BCUT2D eigenvalue weighted by atomic mass is 16.5. The Bertz CT molecular complexity index is 375. The van der Waals surface area contributed by atoms with Crippen LogP contribution in [0.2, 0.25) is 0 Å². The molecule has 0 saturated heterocycles. The van der Waals surface area contributed by atoms with Crippen molar-refractivity contribution in [3.05, 3.63) is 24.3 Å². The number of hydrogen-bond donors (Lipinski definition) is 2. The molecule has 1 aromatic carbocycles. The van der Waals surface area contributed by atoms with Crippen LogP contribution in [0.5, 0.6) is 5.75 Å². The molecular weight excluding hydrogens is 204 g/mol. The summed E-state index contributed by atoms with van der Waals surface area (Å²) in [7, 11) is 1.59. The van der Waals surface area contributed by atoms with Gasteiger partial charge < -0.3 is 15.4 Å². The summed E-state index contributed by atoms with van der Waals surface area (Å²) >= 11 is 0. The SMILES string of the molecule is COc1ccccc1NC(=O)NCC1CC1. The van der Waals surface area contributed by atoms with Crippen molar-refractivity contribution in [2.75, 3.05) is 19.0 Å². The van der Waals surface area contributed by atoms with Crippen LogP contribution in [0, 0.1) is 5.92 Å². The molecule has 1 saturated carbocycles. The number of amides is 2. The number of ether oxygens (including phenoxy) is 1. The average molecular weight is 220 g/mol. The number of para-hydroxylation sites is 2. The molecular formula is C12H16N2O2. The molecule has 0 atom stereocenters. The fourth-order valence-electron chi connectivity index (χ4n) is 1.47. The van der Waals surface area contributed by atoms with E-state index in [9.17, 15) is 4.79 Å². The van der Waals surface area contributed by atoms with Crippen LogP contribution >= 0.6 is 0 Å². The molecule has 1 aliphatic rings. The van der Waals surface area contributed by atoms with Gasteiger partial charge in [0.25, 0.3) is 0 Å². The number of hydrogen-bond acceptors (Lipinski definition) is 2. The van der Waals surface area contributed by atoms with Crippen molar-refractivity contribution in [2.24, 2.45) is 5.92 Å². The van der Waals surface area contributed by atoms with Crippen molar-refractivity contribution >= 4 is 11.7 Å². The van der Waals surface area contributed by atoms with E-state index in [0.717, 1.165) is 6.54 Å². The topological polar surface area (TPSA) is 50.4 Å². The second-order valence-electron chi connectivity index (χ2n) is 3.98. The lowest BCUT2D eigenvalue weighted by Gasteiger charge is -2.10. The van der Waals surface area contributed by atoms with Crippen molar-refractivity contribution in [1.29, 1.82) is 0 Å². The number of urea groups is 1. The Morgan fingerprint density at radius 3 is 2.88 bits per heavy atom. The molecule has 0 bridgehead atoms. The van der Waals surface area contributed by atoms with E-state index in [0.29, 0.717) is 17.4 Å². The quantitative estimate of drug-likeness (QED) is 0.817. The first-order valence-corrected chi connectivity index (χ1v) is 5.47. The lowest BCUT2D eigenvalue weighted by atomic mass is 10.3. The highest BCUT2D eigenvalue weighted by Gasteiger charge is 2.21. The molecule has 16 heavy (non-hydrogen) atoms. The van der Waals surface area contributed by atoms with Crippen LogP contribution in [0.1, 0.15) is 12.8 Å². The molecule has 4 nitrogen and oxygen atoms in total. The number of carbonyl (C=O) groups excluding carboxylic acids is 1. The minimum Gasteiger partial charge on any atom is -0.495 e. The number of nitrogens with one attached hydrogen (secondary N) is 2. The maximum Gasteiger partial charge on any atom is 0.319 e. The smallest absolute Gasteiger partial charge is 0.319 e. The summed E-state index contributed by atoms with van der Waals surface area (Å²) in [6, 6.07) is 7.19. The van der Waals surface area contributed by atoms with Gasteiger partial charge >= 0.3 is 6.03 Å². The van der Waals surface area contributed by atoms with Crippen LogP contribution < -0.4 is 15.4 Å². The van der Waals surface area contributed by atoms with Crippen molar-refractivity contribution in [3.63, 3.8) is 0 Å². The Morgan fingerprint density at radius 1 is 1.44 bits per heavy atom. The van der Waals surface area contributed by atoms with Gasteiger partial charge in [-0.05, 0) is 30.9 Å². The summed E-state index contributed by atoms with van der Waals surface area (Å²) in [5.74, 6) is 1.35. The van der Waals surface area contributed by atoms with Gasteiger partial charge in [-0.3, -0.25) is 0 Å². The van der Waals surface area contributed by atoms with E-state index in [4.69, 9.17) is 4.74 Å². The van der Waals surface area contributed by atoms with Gasteiger partial charge in [-0.2, -0.15) is 0 Å². The Balaban J connectivity index is 1.88. The van der Waals surface area contributed by atoms with E-state index in [1.807, 2.05) is 24.3 Å². The number of benzene rings is 1. The summed E-state index contributed by atoms with van der Waals surface area (Å²) in [4.78, 5) is 11.5. The van der Waals surface area contributed by atoms with Gasteiger partial charge in [0.15, 0.2) is 0 Å². The van der Waals surface area contributed by atoms with Crippen LogP contribution in [-0.2, 0) is 0 Å². The van der Waals surface area contributed by atoms with Crippen LogP contribution in [-0.4, -0.2) is 19.7 Å². The molecule has 1 aliphatic carbocycles. The summed E-state index contributed by atoms with van der Waals surface area (Å²) in [6.45, 7) is 0.765. The summed E-state index contributed by atoms with van der Waals surface area (Å²) < 4.78 is 5.14. The first kappa shape index (κ1) is 10.8. The third-order valence-electron chi connectivity index (χ3n) is 2.60. The molecule has 0 aromatic heterocycles. The molecule has 0 unspecified atom stereocenters. The molecule has 0 heterocycles. The largest absolute Gasteiger partial charge is 0.495 e. The van der Waals surface area contributed by atoms with Gasteiger partial charge in [0, 0.05) is 6.54 Å². The minimum absolute atomic E-state index is 0.170. The highest BCUT2D eigenvalue weighted by molar-refractivity contribution is 5.90. The van der Waals surface area contributed by atoms with E-state index in [2.05, 4.69) is 10.6 Å². The number of anilines is 1. The molecule has 0 aliphatic heterocycles. The van der Waals surface area contributed by atoms with E-state index in [1.165, 1.54) is 12.8 Å². The monoisotopic (exact) mass is 220 g/mol. The zero-order valence-electron chi connectivity index (χ0n) is 9.32. The first-order chi connectivity index (χ1) is 7.79. The zero-order chi connectivity index (χ0) is 11.4. The Kier molecular flexibility index (Phi) is 3.29. The van der Waals surface area contributed by atoms with Gasteiger partial charge in [0.2, 0.25) is 0 Å².